The second kappa shape index (κ2) is 10.1. The fourth-order valence-corrected chi connectivity index (χ4v) is 4.41. The van der Waals surface area contributed by atoms with Gasteiger partial charge in [-0.25, -0.2) is 0 Å². The molecule has 0 bridgehead atoms. The average molecular weight is 366 g/mol. The number of benzene rings is 2. The van der Waals surface area contributed by atoms with Crippen LogP contribution in [0, 0.1) is 5.92 Å². The number of rotatable bonds is 9. The molecule has 1 N–H and O–H groups in total. The van der Waals surface area contributed by atoms with Crippen molar-refractivity contribution in [3.8, 4) is 0 Å². The van der Waals surface area contributed by atoms with Crippen LogP contribution in [0.2, 0.25) is 0 Å². The Hall–Kier alpha value is -1.64. The van der Waals surface area contributed by atoms with Crippen LogP contribution in [0.3, 0.4) is 0 Å². The topological polar surface area (TPSA) is 23.5 Å². The minimum atomic E-state index is -0.885. The monoisotopic (exact) mass is 365 g/mol. The zero-order valence-corrected chi connectivity index (χ0v) is 16.8. The Morgan fingerprint density at radius 3 is 1.96 bits per heavy atom. The molecule has 0 aliphatic carbocycles. The van der Waals surface area contributed by atoms with Crippen LogP contribution in [-0.4, -0.2) is 29.6 Å². The number of piperidine rings is 1. The standard InChI is InChI=1S/C25H35NO/c1-2-3-19-26-20-16-22(17-21-26)11-10-18-25(27,23-12-6-4-7-13-23)24-14-8-5-9-15-24/h4-9,12-15,22,27H,2-3,10-11,16-21H2,1H3. The molecule has 1 aliphatic heterocycles. The Bertz CT molecular complexity index is 607. The van der Waals surface area contributed by atoms with E-state index in [0.717, 1.165) is 29.9 Å². The Morgan fingerprint density at radius 2 is 1.44 bits per heavy atom. The van der Waals surface area contributed by atoms with Crippen molar-refractivity contribution in [2.45, 2.75) is 57.5 Å². The predicted molar refractivity (Wildman–Crippen MR) is 114 cm³/mol. The SMILES string of the molecule is CCCCN1CCC(CCCC(O)(c2ccccc2)c2ccccc2)CC1. The summed E-state index contributed by atoms with van der Waals surface area (Å²) in [7, 11) is 0. The predicted octanol–water partition coefficient (Wildman–Crippen LogP) is 5.60. The van der Waals surface area contributed by atoms with Gasteiger partial charge in [0.1, 0.15) is 5.60 Å². The van der Waals surface area contributed by atoms with Crippen molar-refractivity contribution in [2.24, 2.45) is 5.92 Å². The molecule has 2 aromatic carbocycles. The van der Waals surface area contributed by atoms with E-state index in [-0.39, 0.29) is 0 Å². The molecule has 0 saturated carbocycles. The Kier molecular flexibility index (Phi) is 7.49. The minimum absolute atomic E-state index is 0.789. The first-order chi connectivity index (χ1) is 13.2. The third-order valence-electron chi connectivity index (χ3n) is 6.19. The van der Waals surface area contributed by atoms with Gasteiger partial charge in [0.2, 0.25) is 0 Å². The van der Waals surface area contributed by atoms with Gasteiger partial charge in [0, 0.05) is 0 Å². The van der Waals surface area contributed by atoms with Gasteiger partial charge in [-0.15, -0.1) is 0 Å². The van der Waals surface area contributed by atoms with Crippen LogP contribution in [0.1, 0.15) is 63.0 Å². The Labute approximate surface area is 165 Å². The summed E-state index contributed by atoms with van der Waals surface area (Å²) < 4.78 is 0. The maximum absolute atomic E-state index is 11.6. The number of aliphatic hydroxyl groups is 1. The quantitative estimate of drug-likeness (QED) is 0.625. The summed E-state index contributed by atoms with van der Waals surface area (Å²) in [4.78, 5) is 2.63. The molecule has 146 valence electrons. The number of nitrogens with zero attached hydrogens (tertiary/aromatic N) is 1. The van der Waals surface area contributed by atoms with E-state index in [4.69, 9.17) is 0 Å². The molecule has 1 fully saturated rings. The first-order valence-electron chi connectivity index (χ1n) is 10.8. The highest BCUT2D eigenvalue weighted by Gasteiger charge is 2.31. The zero-order chi connectivity index (χ0) is 19.0. The third-order valence-corrected chi connectivity index (χ3v) is 6.19. The highest BCUT2D eigenvalue weighted by Crippen LogP contribution is 2.35. The maximum atomic E-state index is 11.6. The number of hydrogen-bond donors (Lipinski definition) is 1. The summed E-state index contributed by atoms with van der Waals surface area (Å²) in [5, 5.41) is 11.6. The molecule has 27 heavy (non-hydrogen) atoms. The lowest BCUT2D eigenvalue weighted by Crippen LogP contribution is -2.34. The van der Waals surface area contributed by atoms with E-state index in [1.165, 1.54) is 51.7 Å². The number of likely N-dealkylation sites (tertiary alicyclic amines) is 1. The lowest BCUT2D eigenvalue weighted by atomic mass is 9.80. The highest BCUT2D eigenvalue weighted by molar-refractivity contribution is 5.35. The smallest absolute Gasteiger partial charge is 0.115 e. The van der Waals surface area contributed by atoms with Gasteiger partial charge in [-0.1, -0.05) is 80.4 Å². The largest absolute Gasteiger partial charge is 0.380 e. The van der Waals surface area contributed by atoms with Gasteiger partial charge < -0.3 is 10.0 Å². The Balaban J connectivity index is 1.57. The van der Waals surface area contributed by atoms with Crippen LogP contribution in [-0.2, 0) is 5.60 Å². The van der Waals surface area contributed by atoms with Crippen molar-refractivity contribution in [1.29, 1.82) is 0 Å². The molecular weight excluding hydrogens is 330 g/mol. The molecule has 1 heterocycles. The molecule has 0 atom stereocenters. The van der Waals surface area contributed by atoms with Crippen LogP contribution >= 0.6 is 0 Å². The summed E-state index contributed by atoms with van der Waals surface area (Å²) in [6.45, 7) is 6.05. The van der Waals surface area contributed by atoms with Crippen LogP contribution in [0.25, 0.3) is 0 Å². The molecule has 2 aromatic rings. The van der Waals surface area contributed by atoms with Crippen molar-refractivity contribution in [2.75, 3.05) is 19.6 Å². The van der Waals surface area contributed by atoms with Crippen molar-refractivity contribution >= 4 is 0 Å². The lowest BCUT2D eigenvalue weighted by molar-refractivity contribution is 0.0648. The molecule has 2 heteroatoms. The van der Waals surface area contributed by atoms with E-state index in [1.54, 1.807) is 0 Å². The van der Waals surface area contributed by atoms with Crippen molar-refractivity contribution < 1.29 is 5.11 Å². The molecule has 2 nitrogen and oxygen atoms in total. The van der Waals surface area contributed by atoms with Gasteiger partial charge in [-0.2, -0.15) is 0 Å². The first-order valence-corrected chi connectivity index (χ1v) is 10.8. The van der Waals surface area contributed by atoms with Gasteiger partial charge in [0.25, 0.3) is 0 Å². The molecule has 1 aliphatic rings. The van der Waals surface area contributed by atoms with Gasteiger partial charge in [-0.3, -0.25) is 0 Å². The summed E-state index contributed by atoms with van der Waals surface area (Å²) in [6.07, 6.45) is 8.33. The number of hydrogen-bond acceptors (Lipinski definition) is 2. The number of unbranched alkanes of at least 4 members (excludes halogenated alkanes) is 1. The average Bonchev–Trinajstić information content (AvgIpc) is 2.74. The highest BCUT2D eigenvalue weighted by atomic mass is 16.3. The van der Waals surface area contributed by atoms with E-state index in [2.05, 4.69) is 36.1 Å². The fourth-order valence-electron chi connectivity index (χ4n) is 4.41. The summed E-state index contributed by atoms with van der Waals surface area (Å²) in [5.74, 6) is 0.818. The second-order valence-electron chi connectivity index (χ2n) is 8.12. The van der Waals surface area contributed by atoms with Crippen LogP contribution in [0.5, 0.6) is 0 Å². The minimum Gasteiger partial charge on any atom is -0.380 e. The van der Waals surface area contributed by atoms with E-state index < -0.39 is 5.60 Å². The molecule has 0 aromatic heterocycles. The molecule has 3 rings (SSSR count). The van der Waals surface area contributed by atoms with Crippen molar-refractivity contribution in [3.63, 3.8) is 0 Å². The molecule has 0 amide bonds. The molecule has 0 unspecified atom stereocenters. The normalized spacial score (nSPS) is 16.5. The second-order valence-corrected chi connectivity index (χ2v) is 8.12. The molecule has 0 radical (unpaired) electrons. The van der Waals surface area contributed by atoms with E-state index >= 15 is 0 Å². The summed E-state index contributed by atoms with van der Waals surface area (Å²) >= 11 is 0. The van der Waals surface area contributed by atoms with Crippen molar-refractivity contribution in [1.82, 2.24) is 4.90 Å². The zero-order valence-electron chi connectivity index (χ0n) is 16.8. The van der Waals surface area contributed by atoms with E-state index in [0.29, 0.717) is 0 Å². The van der Waals surface area contributed by atoms with Gasteiger partial charge >= 0.3 is 0 Å². The molecule has 1 saturated heterocycles. The van der Waals surface area contributed by atoms with Crippen LogP contribution in [0.4, 0.5) is 0 Å². The lowest BCUT2D eigenvalue weighted by Gasteiger charge is -2.33. The van der Waals surface area contributed by atoms with Crippen LogP contribution < -0.4 is 0 Å². The fraction of sp³-hybridized carbons (Fsp3) is 0.520. The van der Waals surface area contributed by atoms with E-state index in [1.807, 2.05) is 36.4 Å². The van der Waals surface area contributed by atoms with E-state index in [9.17, 15) is 5.11 Å². The van der Waals surface area contributed by atoms with Crippen molar-refractivity contribution in [3.05, 3.63) is 71.8 Å². The van der Waals surface area contributed by atoms with Gasteiger partial charge in [-0.05, 0) is 68.8 Å². The summed E-state index contributed by atoms with van der Waals surface area (Å²) in [5.41, 5.74) is 1.13. The first kappa shape index (κ1) is 20.1. The summed E-state index contributed by atoms with van der Waals surface area (Å²) in [6, 6.07) is 20.3. The molecule has 0 spiro atoms. The maximum Gasteiger partial charge on any atom is 0.115 e. The van der Waals surface area contributed by atoms with Gasteiger partial charge in [0.15, 0.2) is 0 Å². The molecular formula is C25H35NO. The Morgan fingerprint density at radius 1 is 0.889 bits per heavy atom. The van der Waals surface area contributed by atoms with Gasteiger partial charge in [0.05, 0.1) is 0 Å². The van der Waals surface area contributed by atoms with Crippen LogP contribution in [0.15, 0.2) is 60.7 Å². The third kappa shape index (κ3) is 5.43.